The molecule has 0 spiro atoms. The molecule has 68 valence electrons. The van der Waals surface area contributed by atoms with Gasteiger partial charge in [-0.3, -0.25) is 0 Å². The number of aromatic nitrogens is 3. The quantitative estimate of drug-likeness (QED) is 0.755. The molecule has 0 radical (unpaired) electrons. The summed E-state index contributed by atoms with van der Waals surface area (Å²) >= 11 is 12.5. The molecule has 0 saturated heterocycles. The Balaban J connectivity index is 2.75. The van der Waals surface area contributed by atoms with Crippen LogP contribution in [-0.2, 0) is 5.33 Å². The van der Waals surface area contributed by atoms with Crippen molar-refractivity contribution in [1.82, 2.24) is 14.6 Å². The number of fused-ring (bicyclic) bond motifs is 1. The zero-order valence-electron chi connectivity index (χ0n) is 6.34. The number of nitrogens with zero attached hydrogens (tertiary/aromatic N) is 3. The Kier molecular flexibility index (Phi) is 2.58. The van der Waals surface area contributed by atoms with E-state index in [1.807, 2.05) is 6.20 Å². The van der Waals surface area contributed by atoms with Gasteiger partial charge in [0.25, 0.3) is 0 Å². The summed E-state index contributed by atoms with van der Waals surface area (Å²) < 4.78 is 2.50. The number of halogens is 3. The Labute approximate surface area is 96.4 Å². The molecule has 0 amide bonds. The largest absolute Gasteiger partial charge is 0.230 e. The predicted octanol–water partition coefficient (Wildman–Crippen LogP) is 3.04. The first-order valence-corrected chi connectivity index (χ1v) is 5.76. The summed E-state index contributed by atoms with van der Waals surface area (Å²) in [7, 11) is 0. The first-order chi connectivity index (χ1) is 6.20. The van der Waals surface area contributed by atoms with E-state index in [0.717, 1.165) is 15.8 Å². The van der Waals surface area contributed by atoms with Gasteiger partial charge >= 0.3 is 0 Å². The molecule has 0 saturated carbocycles. The van der Waals surface area contributed by atoms with Crippen molar-refractivity contribution in [3.8, 4) is 0 Å². The lowest BCUT2D eigenvalue weighted by atomic mass is 10.5. The highest BCUT2D eigenvalue weighted by atomic mass is 79.9. The Bertz CT molecular complexity index is 454. The Morgan fingerprint density at radius 1 is 1.54 bits per heavy atom. The second kappa shape index (κ2) is 3.55. The van der Waals surface area contributed by atoms with Crippen LogP contribution in [-0.4, -0.2) is 14.6 Å². The molecule has 2 heterocycles. The number of alkyl halides is 1. The van der Waals surface area contributed by atoms with Gasteiger partial charge in [0.2, 0.25) is 0 Å². The molecule has 3 nitrogen and oxygen atoms in total. The summed E-state index contributed by atoms with van der Waals surface area (Å²) in [6.45, 7) is 0. The van der Waals surface area contributed by atoms with Crippen LogP contribution in [0.4, 0.5) is 0 Å². The maximum atomic E-state index is 5.77. The molecule has 0 aliphatic carbocycles. The van der Waals surface area contributed by atoms with Crippen molar-refractivity contribution in [2.24, 2.45) is 0 Å². The third kappa shape index (κ3) is 1.73. The van der Waals surface area contributed by atoms with Gasteiger partial charge in [-0.15, -0.1) is 0 Å². The van der Waals surface area contributed by atoms with Crippen LogP contribution in [0.1, 0.15) is 5.69 Å². The molecule has 13 heavy (non-hydrogen) atoms. The minimum atomic E-state index is 0.442. The van der Waals surface area contributed by atoms with E-state index in [-0.39, 0.29) is 0 Å². The van der Waals surface area contributed by atoms with Crippen LogP contribution in [0.5, 0.6) is 0 Å². The van der Waals surface area contributed by atoms with E-state index in [1.165, 1.54) is 0 Å². The summed E-state index contributed by atoms with van der Waals surface area (Å²) in [5.74, 6) is 0. The number of hydrogen-bond acceptors (Lipinski definition) is 2. The SMILES string of the molecule is Clc1cc(Br)c2nc(CBr)cn2n1. The molecule has 0 atom stereocenters. The van der Waals surface area contributed by atoms with Crippen LogP contribution in [0.2, 0.25) is 5.15 Å². The molecular weight excluding hydrogens is 321 g/mol. The molecule has 0 aliphatic heterocycles. The maximum Gasteiger partial charge on any atom is 0.168 e. The fourth-order valence-electron chi connectivity index (χ4n) is 1.02. The fraction of sp³-hybridized carbons (Fsp3) is 0.143. The van der Waals surface area contributed by atoms with Gasteiger partial charge in [0.1, 0.15) is 0 Å². The van der Waals surface area contributed by atoms with Gasteiger partial charge in [-0.1, -0.05) is 27.5 Å². The van der Waals surface area contributed by atoms with Crippen LogP contribution >= 0.6 is 43.5 Å². The Morgan fingerprint density at radius 3 is 3.00 bits per heavy atom. The predicted molar refractivity (Wildman–Crippen MR) is 58.3 cm³/mol. The van der Waals surface area contributed by atoms with Crippen LogP contribution < -0.4 is 0 Å². The van der Waals surface area contributed by atoms with Gasteiger partial charge in [0.15, 0.2) is 10.8 Å². The van der Waals surface area contributed by atoms with Crippen molar-refractivity contribution in [1.29, 1.82) is 0 Å². The first-order valence-electron chi connectivity index (χ1n) is 3.47. The van der Waals surface area contributed by atoms with E-state index in [9.17, 15) is 0 Å². The third-order valence-electron chi connectivity index (χ3n) is 1.54. The van der Waals surface area contributed by atoms with Gasteiger partial charge in [0, 0.05) is 5.33 Å². The Morgan fingerprint density at radius 2 is 2.31 bits per heavy atom. The second-order valence-corrected chi connectivity index (χ2v) is 4.25. The molecule has 2 rings (SSSR count). The first kappa shape index (κ1) is 9.43. The molecule has 0 bridgehead atoms. The van der Waals surface area contributed by atoms with E-state index in [2.05, 4.69) is 41.9 Å². The summed E-state index contributed by atoms with van der Waals surface area (Å²) in [6, 6.07) is 1.72. The molecule has 0 N–H and O–H groups in total. The smallest absolute Gasteiger partial charge is 0.168 e. The minimum Gasteiger partial charge on any atom is -0.230 e. The molecule has 0 aromatic carbocycles. The van der Waals surface area contributed by atoms with Crippen molar-refractivity contribution in [3.05, 3.63) is 27.6 Å². The molecule has 0 unspecified atom stereocenters. The van der Waals surface area contributed by atoms with Crippen LogP contribution in [0.25, 0.3) is 5.65 Å². The van der Waals surface area contributed by atoms with Crippen molar-refractivity contribution in [3.63, 3.8) is 0 Å². The standard InChI is InChI=1S/C7H4Br2ClN3/c8-2-4-3-13-7(11-4)5(9)1-6(10)12-13/h1,3H,2H2. The van der Waals surface area contributed by atoms with Gasteiger partial charge in [-0.05, 0) is 22.0 Å². The van der Waals surface area contributed by atoms with Crippen molar-refractivity contribution in [2.75, 3.05) is 0 Å². The summed E-state index contributed by atoms with van der Waals surface area (Å²) in [5.41, 5.74) is 1.70. The molecule has 0 aliphatic rings. The monoisotopic (exact) mass is 323 g/mol. The van der Waals surface area contributed by atoms with E-state index < -0.39 is 0 Å². The number of rotatable bonds is 1. The zero-order chi connectivity index (χ0) is 9.42. The lowest BCUT2D eigenvalue weighted by molar-refractivity contribution is 0.930. The minimum absolute atomic E-state index is 0.442. The van der Waals surface area contributed by atoms with Crippen LogP contribution in [0.3, 0.4) is 0 Å². The maximum absolute atomic E-state index is 5.77. The molecule has 0 fully saturated rings. The average Bonchev–Trinajstić information content (AvgIpc) is 2.47. The topological polar surface area (TPSA) is 30.2 Å². The van der Waals surface area contributed by atoms with E-state index in [1.54, 1.807) is 10.6 Å². The van der Waals surface area contributed by atoms with Crippen molar-refractivity contribution < 1.29 is 0 Å². The molecule has 2 aromatic heterocycles. The van der Waals surface area contributed by atoms with Gasteiger partial charge in [-0.25, -0.2) is 9.50 Å². The summed E-state index contributed by atoms with van der Waals surface area (Å²) in [5, 5.41) is 5.23. The number of hydrogen-bond donors (Lipinski definition) is 0. The Hall–Kier alpha value is -0.130. The molecule has 2 aromatic rings. The average molecular weight is 325 g/mol. The number of imidazole rings is 1. The van der Waals surface area contributed by atoms with E-state index in [4.69, 9.17) is 11.6 Å². The summed E-state index contributed by atoms with van der Waals surface area (Å²) in [6.07, 6.45) is 1.83. The van der Waals surface area contributed by atoms with Crippen LogP contribution in [0.15, 0.2) is 16.7 Å². The van der Waals surface area contributed by atoms with Crippen LogP contribution in [0, 0.1) is 0 Å². The fourth-order valence-corrected chi connectivity index (χ4v) is 2.10. The molecule has 6 heteroatoms. The van der Waals surface area contributed by atoms with Gasteiger partial charge < -0.3 is 0 Å². The highest BCUT2D eigenvalue weighted by Gasteiger charge is 2.06. The lowest BCUT2D eigenvalue weighted by Gasteiger charge is -1.94. The van der Waals surface area contributed by atoms with E-state index in [0.29, 0.717) is 10.5 Å². The highest BCUT2D eigenvalue weighted by molar-refractivity contribution is 9.10. The normalized spacial score (nSPS) is 11.0. The van der Waals surface area contributed by atoms with E-state index >= 15 is 0 Å². The third-order valence-corrected chi connectivity index (χ3v) is 2.88. The van der Waals surface area contributed by atoms with Crippen molar-refractivity contribution >= 4 is 49.1 Å². The summed E-state index contributed by atoms with van der Waals surface area (Å²) in [4.78, 5) is 4.32. The highest BCUT2D eigenvalue weighted by Crippen LogP contribution is 2.20. The lowest BCUT2D eigenvalue weighted by Crippen LogP contribution is -1.90. The zero-order valence-corrected chi connectivity index (χ0v) is 10.3. The van der Waals surface area contributed by atoms with Gasteiger partial charge in [-0.2, -0.15) is 5.10 Å². The molecular formula is C7H4Br2ClN3. The van der Waals surface area contributed by atoms with Crippen molar-refractivity contribution in [2.45, 2.75) is 5.33 Å². The van der Waals surface area contributed by atoms with Gasteiger partial charge in [0.05, 0.1) is 16.4 Å². The second-order valence-electron chi connectivity index (χ2n) is 2.45.